The number of rotatable bonds is 4. The summed E-state index contributed by atoms with van der Waals surface area (Å²) in [4.78, 5) is 5.72. The molecule has 1 aliphatic rings. The predicted octanol–water partition coefficient (Wildman–Crippen LogP) is 4.32. The second-order valence-corrected chi connectivity index (χ2v) is 6.21. The normalized spacial score (nSPS) is 17.2. The Morgan fingerprint density at radius 2 is 2.13 bits per heavy atom. The van der Waals surface area contributed by atoms with E-state index in [9.17, 15) is 4.39 Å². The summed E-state index contributed by atoms with van der Waals surface area (Å²) in [7, 11) is 0. The average molecular weight is 377 g/mol. The second-order valence-electron chi connectivity index (χ2n) is 5.36. The van der Waals surface area contributed by atoms with Crippen molar-refractivity contribution < 1.29 is 4.39 Å². The smallest absolute Gasteiger partial charge is 0.236 e. The average Bonchev–Trinajstić information content (AvgIpc) is 2.95. The lowest BCUT2D eigenvalue weighted by Gasteiger charge is -2.19. The lowest BCUT2D eigenvalue weighted by molar-refractivity contribution is 0.548. The first kappa shape index (κ1) is 18.3. The fraction of sp³-hybridized carbons (Fsp3) is 0.312. The molecule has 1 unspecified atom stereocenters. The third-order valence-corrected chi connectivity index (χ3v) is 4.45. The number of pyridine rings is 1. The number of nitrogens with zero attached hydrogens (tertiary/aromatic N) is 2. The molecule has 1 N–H and O–H groups in total. The van der Waals surface area contributed by atoms with Crippen molar-refractivity contribution in [2.45, 2.75) is 19.0 Å². The molecule has 2 heterocycles. The van der Waals surface area contributed by atoms with Crippen molar-refractivity contribution >= 4 is 41.3 Å². The number of nitrogens with one attached hydrogen (secondary N) is 1. The van der Waals surface area contributed by atoms with Crippen LogP contribution in [0, 0.1) is 5.95 Å². The van der Waals surface area contributed by atoms with Crippen LogP contribution in [0.25, 0.3) is 0 Å². The van der Waals surface area contributed by atoms with E-state index in [1.807, 2.05) is 17.0 Å². The van der Waals surface area contributed by atoms with Gasteiger partial charge in [-0.05, 0) is 36.2 Å². The topological polar surface area (TPSA) is 28.2 Å². The summed E-state index contributed by atoms with van der Waals surface area (Å²) in [6.07, 6.45) is 2.42. The van der Waals surface area contributed by atoms with Crippen LogP contribution in [-0.4, -0.2) is 24.1 Å². The van der Waals surface area contributed by atoms with Gasteiger partial charge in [0.05, 0.1) is 5.69 Å². The number of hydrogen-bond acceptors (Lipinski definition) is 3. The van der Waals surface area contributed by atoms with Gasteiger partial charge >= 0.3 is 0 Å². The molecule has 1 aromatic heterocycles. The van der Waals surface area contributed by atoms with E-state index in [4.69, 9.17) is 23.2 Å². The van der Waals surface area contributed by atoms with E-state index in [2.05, 4.69) is 10.3 Å². The van der Waals surface area contributed by atoms with E-state index in [1.54, 1.807) is 18.2 Å². The number of hydrogen-bond donors (Lipinski definition) is 1. The first-order valence-electron chi connectivity index (χ1n) is 7.16. The number of aromatic nitrogens is 1. The van der Waals surface area contributed by atoms with Crippen LogP contribution in [0.1, 0.15) is 12.0 Å². The summed E-state index contributed by atoms with van der Waals surface area (Å²) in [5.41, 5.74) is 1.58. The maximum atomic E-state index is 13.7. The minimum atomic E-state index is -0.413. The summed E-state index contributed by atoms with van der Waals surface area (Å²) < 4.78 is 13.7. The minimum absolute atomic E-state index is 0. The van der Waals surface area contributed by atoms with Crippen molar-refractivity contribution in [1.29, 1.82) is 0 Å². The summed E-state index contributed by atoms with van der Waals surface area (Å²) in [6, 6.07) is 9.31. The molecule has 124 valence electrons. The van der Waals surface area contributed by atoms with E-state index in [1.165, 1.54) is 6.20 Å². The van der Waals surface area contributed by atoms with Gasteiger partial charge in [-0.25, -0.2) is 4.98 Å². The Kier molecular flexibility index (Phi) is 6.48. The molecule has 0 spiro atoms. The second kappa shape index (κ2) is 8.15. The van der Waals surface area contributed by atoms with Crippen LogP contribution in [-0.2, 0) is 6.54 Å². The maximum absolute atomic E-state index is 13.7. The molecule has 0 amide bonds. The van der Waals surface area contributed by atoms with E-state index in [0.717, 1.165) is 25.1 Å². The zero-order chi connectivity index (χ0) is 15.5. The molecule has 3 rings (SSSR count). The molecule has 1 aliphatic heterocycles. The van der Waals surface area contributed by atoms with Crippen molar-refractivity contribution in [3.05, 3.63) is 58.1 Å². The predicted molar refractivity (Wildman–Crippen MR) is 95.4 cm³/mol. The van der Waals surface area contributed by atoms with E-state index in [0.29, 0.717) is 28.3 Å². The Morgan fingerprint density at radius 3 is 2.87 bits per heavy atom. The van der Waals surface area contributed by atoms with Gasteiger partial charge < -0.3 is 10.2 Å². The number of halogens is 4. The van der Waals surface area contributed by atoms with Crippen molar-refractivity contribution in [3.8, 4) is 0 Å². The van der Waals surface area contributed by atoms with E-state index in [-0.39, 0.29) is 12.4 Å². The third-order valence-electron chi connectivity index (χ3n) is 3.86. The van der Waals surface area contributed by atoms with Gasteiger partial charge in [-0.2, -0.15) is 4.39 Å². The summed E-state index contributed by atoms with van der Waals surface area (Å²) in [5, 5.41) is 4.76. The fourth-order valence-electron chi connectivity index (χ4n) is 2.68. The van der Waals surface area contributed by atoms with Gasteiger partial charge in [0.1, 0.15) is 0 Å². The highest BCUT2D eigenvalue weighted by Crippen LogP contribution is 2.24. The molecular weight excluding hydrogens is 360 g/mol. The van der Waals surface area contributed by atoms with Crippen LogP contribution in [0.4, 0.5) is 10.1 Å². The van der Waals surface area contributed by atoms with Crippen LogP contribution < -0.4 is 10.2 Å². The van der Waals surface area contributed by atoms with Crippen LogP contribution in [0.5, 0.6) is 0 Å². The van der Waals surface area contributed by atoms with Crippen LogP contribution in [0.3, 0.4) is 0 Å². The fourth-order valence-corrected chi connectivity index (χ4v) is 3.15. The van der Waals surface area contributed by atoms with Gasteiger partial charge in [0, 0.05) is 41.9 Å². The molecule has 0 radical (unpaired) electrons. The Hall–Kier alpha value is -1.07. The highest BCUT2D eigenvalue weighted by Gasteiger charge is 2.24. The quantitative estimate of drug-likeness (QED) is 0.806. The number of benzene rings is 1. The lowest BCUT2D eigenvalue weighted by Crippen LogP contribution is -2.32. The largest absolute Gasteiger partial charge is 0.366 e. The Bertz CT molecular complexity index is 669. The summed E-state index contributed by atoms with van der Waals surface area (Å²) in [6.45, 7) is 2.24. The zero-order valence-electron chi connectivity index (χ0n) is 12.3. The van der Waals surface area contributed by atoms with Gasteiger partial charge in [0.2, 0.25) is 5.95 Å². The van der Waals surface area contributed by atoms with Crippen molar-refractivity contribution in [1.82, 2.24) is 10.3 Å². The summed E-state index contributed by atoms with van der Waals surface area (Å²) in [5.74, 6) is -0.413. The third kappa shape index (κ3) is 4.48. The molecule has 7 heteroatoms. The lowest BCUT2D eigenvalue weighted by atomic mass is 10.2. The monoisotopic (exact) mass is 375 g/mol. The molecule has 1 saturated heterocycles. The van der Waals surface area contributed by atoms with Crippen LogP contribution in [0.15, 0.2) is 36.5 Å². The van der Waals surface area contributed by atoms with Gasteiger partial charge in [0.15, 0.2) is 0 Å². The first-order chi connectivity index (χ1) is 10.6. The standard InChI is InChI=1S/C16H16Cl2FN3.ClH/c17-12-4-3-11(14(18)8-12)9-21-13-5-7-22(10-13)15-2-1-6-20-16(15)19;/h1-4,6,8,13,21H,5,7,9-10H2;1H. The molecule has 3 nitrogen and oxygen atoms in total. The molecule has 0 saturated carbocycles. The molecule has 23 heavy (non-hydrogen) atoms. The summed E-state index contributed by atoms with van der Waals surface area (Å²) >= 11 is 12.1. The SMILES string of the molecule is Cl.Fc1ncccc1N1CCC(NCc2ccc(Cl)cc2Cl)C1. The van der Waals surface area contributed by atoms with E-state index < -0.39 is 5.95 Å². The van der Waals surface area contributed by atoms with Gasteiger partial charge in [0.25, 0.3) is 0 Å². The van der Waals surface area contributed by atoms with Crippen molar-refractivity contribution in [2.75, 3.05) is 18.0 Å². The highest BCUT2D eigenvalue weighted by molar-refractivity contribution is 6.35. The molecule has 2 aromatic rings. The number of anilines is 1. The van der Waals surface area contributed by atoms with Gasteiger partial charge in [-0.15, -0.1) is 12.4 Å². The van der Waals surface area contributed by atoms with Crippen molar-refractivity contribution in [2.24, 2.45) is 0 Å². The van der Waals surface area contributed by atoms with Gasteiger partial charge in [-0.3, -0.25) is 0 Å². The zero-order valence-corrected chi connectivity index (χ0v) is 14.6. The van der Waals surface area contributed by atoms with Gasteiger partial charge in [-0.1, -0.05) is 29.3 Å². The minimum Gasteiger partial charge on any atom is -0.366 e. The van der Waals surface area contributed by atoms with Crippen LogP contribution in [0.2, 0.25) is 10.0 Å². The Labute approximate surface area is 151 Å². The molecule has 1 fully saturated rings. The molecule has 0 aliphatic carbocycles. The Balaban J connectivity index is 0.00000192. The molecule has 1 atom stereocenters. The molecule has 1 aromatic carbocycles. The molecule has 0 bridgehead atoms. The van der Waals surface area contributed by atoms with Crippen LogP contribution >= 0.6 is 35.6 Å². The molecular formula is C16H17Cl3FN3. The first-order valence-corrected chi connectivity index (χ1v) is 7.92. The highest BCUT2D eigenvalue weighted by atomic mass is 35.5. The van der Waals surface area contributed by atoms with E-state index >= 15 is 0 Å². The Morgan fingerprint density at radius 1 is 1.30 bits per heavy atom. The van der Waals surface area contributed by atoms with Crippen molar-refractivity contribution in [3.63, 3.8) is 0 Å². The maximum Gasteiger partial charge on any atom is 0.236 e.